The number of pyridine rings is 1. The molecule has 0 bridgehead atoms. The standard InChI is InChI=1S/C23H20N6O/c30-23-25-12-5-13-29(23)18-8-3-7-17(14-18)26-22-19-9-1-2-10-20(19)27-21(28-22)16-6-4-11-24-15-16/h1-4,6-11,14-15H,5,12-13H2,(H,25,30)(H,26,27,28). The van der Waals surface area contributed by atoms with Gasteiger partial charge >= 0.3 is 6.03 Å². The zero-order valence-electron chi connectivity index (χ0n) is 16.2. The first kappa shape index (κ1) is 18.1. The molecule has 1 fully saturated rings. The van der Waals surface area contributed by atoms with Crippen molar-refractivity contribution in [2.45, 2.75) is 6.42 Å². The predicted molar refractivity (Wildman–Crippen MR) is 118 cm³/mol. The zero-order valence-corrected chi connectivity index (χ0v) is 16.2. The highest BCUT2D eigenvalue weighted by molar-refractivity contribution is 5.94. The topological polar surface area (TPSA) is 83.0 Å². The van der Waals surface area contributed by atoms with Crippen LogP contribution >= 0.6 is 0 Å². The van der Waals surface area contributed by atoms with Gasteiger partial charge in [-0.3, -0.25) is 9.88 Å². The van der Waals surface area contributed by atoms with Gasteiger partial charge in [-0.2, -0.15) is 0 Å². The Labute approximate surface area is 173 Å². The van der Waals surface area contributed by atoms with Gasteiger partial charge in [0.1, 0.15) is 5.82 Å². The average Bonchev–Trinajstić information content (AvgIpc) is 2.80. The number of para-hydroxylation sites is 1. The lowest BCUT2D eigenvalue weighted by atomic mass is 10.2. The van der Waals surface area contributed by atoms with Gasteiger partial charge < -0.3 is 10.6 Å². The van der Waals surface area contributed by atoms with Crippen LogP contribution in [0.4, 0.5) is 22.0 Å². The van der Waals surface area contributed by atoms with Crippen molar-refractivity contribution in [2.24, 2.45) is 0 Å². The summed E-state index contributed by atoms with van der Waals surface area (Å²) in [6, 6.07) is 19.4. The zero-order chi connectivity index (χ0) is 20.3. The first-order chi connectivity index (χ1) is 14.8. The molecule has 2 aromatic carbocycles. The molecule has 4 aromatic rings. The number of nitrogens with zero attached hydrogens (tertiary/aromatic N) is 4. The van der Waals surface area contributed by atoms with Crippen molar-refractivity contribution in [1.82, 2.24) is 20.3 Å². The van der Waals surface area contributed by atoms with Crippen molar-refractivity contribution >= 4 is 34.1 Å². The summed E-state index contributed by atoms with van der Waals surface area (Å²) in [6.07, 6.45) is 4.41. The Morgan fingerprint density at radius 3 is 2.80 bits per heavy atom. The van der Waals surface area contributed by atoms with Crippen LogP contribution in [-0.4, -0.2) is 34.1 Å². The number of carbonyl (C=O) groups is 1. The normalized spacial score (nSPS) is 13.9. The number of rotatable bonds is 4. The van der Waals surface area contributed by atoms with E-state index in [-0.39, 0.29) is 6.03 Å². The lowest BCUT2D eigenvalue weighted by molar-refractivity contribution is 0.243. The summed E-state index contributed by atoms with van der Waals surface area (Å²) >= 11 is 0. The van der Waals surface area contributed by atoms with E-state index < -0.39 is 0 Å². The summed E-state index contributed by atoms with van der Waals surface area (Å²) in [5, 5.41) is 7.23. The fourth-order valence-corrected chi connectivity index (χ4v) is 3.56. The van der Waals surface area contributed by atoms with Crippen LogP contribution in [0, 0.1) is 0 Å². The molecule has 0 spiro atoms. The van der Waals surface area contributed by atoms with Crippen molar-refractivity contribution in [3.63, 3.8) is 0 Å². The number of urea groups is 1. The van der Waals surface area contributed by atoms with Gasteiger partial charge in [0.15, 0.2) is 5.82 Å². The molecule has 2 amide bonds. The summed E-state index contributed by atoms with van der Waals surface area (Å²) in [4.78, 5) is 27.6. The van der Waals surface area contributed by atoms with Gasteiger partial charge in [0.25, 0.3) is 0 Å². The Hall–Kier alpha value is -4.00. The van der Waals surface area contributed by atoms with Crippen molar-refractivity contribution in [1.29, 1.82) is 0 Å². The minimum absolute atomic E-state index is 0.0650. The fourth-order valence-electron chi connectivity index (χ4n) is 3.56. The quantitative estimate of drug-likeness (QED) is 0.536. The third kappa shape index (κ3) is 3.53. The molecular weight excluding hydrogens is 376 g/mol. The van der Waals surface area contributed by atoms with Gasteiger partial charge in [-0.25, -0.2) is 14.8 Å². The molecule has 1 saturated heterocycles. The van der Waals surface area contributed by atoms with Crippen LogP contribution in [0.2, 0.25) is 0 Å². The largest absolute Gasteiger partial charge is 0.340 e. The minimum Gasteiger partial charge on any atom is -0.340 e. The van der Waals surface area contributed by atoms with Crippen LogP contribution in [0.3, 0.4) is 0 Å². The molecule has 1 aliphatic rings. The number of hydrogen-bond acceptors (Lipinski definition) is 5. The van der Waals surface area contributed by atoms with Crippen LogP contribution in [-0.2, 0) is 0 Å². The molecule has 2 aromatic heterocycles. The Morgan fingerprint density at radius 2 is 1.93 bits per heavy atom. The van der Waals surface area contributed by atoms with Crippen LogP contribution in [0.1, 0.15) is 6.42 Å². The van der Waals surface area contributed by atoms with Crippen molar-refractivity contribution in [3.8, 4) is 11.4 Å². The molecule has 7 nitrogen and oxygen atoms in total. The summed E-state index contributed by atoms with van der Waals surface area (Å²) in [6.45, 7) is 1.42. The lowest BCUT2D eigenvalue weighted by Gasteiger charge is -2.27. The number of anilines is 3. The number of aromatic nitrogens is 3. The first-order valence-corrected chi connectivity index (χ1v) is 9.87. The maximum atomic E-state index is 12.2. The van der Waals surface area contributed by atoms with E-state index in [1.807, 2.05) is 60.7 Å². The van der Waals surface area contributed by atoms with E-state index >= 15 is 0 Å². The van der Waals surface area contributed by atoms with E-state index in [4.69, 9.17) is 9.97 Å². The number of benzene rings is 2. The summed E-state index contributed by atoms with van der Waals surface area (Å²) < 4.78 is 0. The van der Waals surface area contributed by atoms with Crippen molar-refractivity contribution < 1.29 is 4.79 Å². The van der Waals surface area contributed by atoms with Gasteiger partial charge in [-0.1, -0.05) is 18.2 Å². The second-order valence-corrected chi connectivity index (χ2v) is 7.07. The van der Waals surface area contributed by atoms with E-state index in [1.165, 1.54) is 0 Å². The van der Waals surface area contributed by atoms with Crippen molar-refractivity contribution in [3.05, 3.63) is 73.1 Å². The van der Waals surface area contributed by atoms with Gasteiger partial charge in [0, 0.05) is 47.8 Å². The lowest BCUT2D eigenvalue weighted by Crippen LogP contribution is -2.46. The van der Waals surface area contributed by atoms with Crippen LogP contribution < -0.4 is 15.5 Å². The molecular formula is C23H20N6O. The average molecular weight is 396 g/mol. The van der Waals surface area contributed by atoms with E-state index in [0.717, 1.165) is 40.8 Å². The highest BCUT2D eigenvalue weighted by Gasteiger charge is 2.19. The number of carbonyl (C=O) groups excluding carboxylic acids is 1. The molecule has 0 atom stereocenters. The molecule has 3 heterocycles. The maximum Gasteiger partial charge on any atom is 0.321 e. The van der Waals surface area contributed by atoms with Gasteiger partial charge in [0.2, 0.25) is 0 Å². The minimum atomic E-state index is -0.0650. The number of amides is 2. The van der Waals surface area contributed by atoms with Crippen LogP contribution in [0.25, 0.3) is 22.3 Å². The van der Waals surface area contributed by atoms with E-state index in [2.05, 4.69) is 15.6 Å². The SMILES string of the molecule is O=C1NCCCN1c1cccc(Nc2nc(-c3cccnc3)nc3ccccc23)c1. The highest BCUT2D eigenvalue weighted by Crippen LogP contribution is 2.29. The van der Waals surface area contributed by atoms with Gasteiger partial charge in [-0.05, 0) is 48.9 Å². The number of nitrogens with one attached hydrogen (secondary N) is 2. The molecule has 0 radical (unpaired) electrons. The highest BCUT2D eigenvalue weighted by atomic mass is 16.2. The molecule has 2 N–H and O–H groups in total. The summed E-state index contributed by atoms with van der Waals surface area (Å²) in [5.41, 5.74) is 3.40. The Bertz CT molecular complexity index is 1210. The number of fused-ring (bicyclic) bond motifs is 1. The van der Waals surface area contributed by atoms with Gasteiger partial charge in [0.05, 0.1) is 5.52 Å². The first-order valence-electron chi connectivity index (χ1n) is 9.87. The molecule has 30 heavy (non-hydrogen) atoms. The summed E-state index contributed by atoms with van der Waals surface area (Å²) in [5.74, 6) is 1.32. The molecule has 0 unspecified atom stereocenters. The molecule has 0 aliphatic carbocycles. The van der Waals surface area contributed by atoms with E-state index in [9.17, 15) is 4.79 Å². The Morgan fingerprint density at radius 1 is 1.00 bits per heavy atom. The second-order valence-electron chi connectivity index (χ2n) is 7.07. The second kappa shape index (κ2) is 7.79. The molecule has 7 heteroatoms. The van der Waals surface area contributed by atoms with E-state index in [1.54, 1.807) is 17.3 Å². The monoisotopic (exact) mass is 396 g/mol. The fraction of sp³-hybridized carbons (Fsp3) is 0.130. The van der Waals surface area contributed by atoms with E-state index in [0.29, 0.717) is 18.2 Å². The summed E-state index contributed by atoms with van der Waals surface area (Å²) in [7, 11) is 0. The Kier molecular flexibility index (Phi) is 4.69. The van der Waals surface area contributed by atoms with Crippen LogP contribution in [0.15, 0.2) is 73.1 Å². The third-order valence-corrected chi connectivity index (χ3v) is 5.02. The smallest absolute Gasteiger partial charge is 0.321 e. The van der Waals surface area contributed by atoms with Crippen LogP contribution in [0.5, 0.6) is 0 Å². The Balaban J connectivity index is 1.54. The van der Waals surface area contributed by atoms with Crippen molar-refractivity contribution in [2.75, 3.05) is 23.3 Å². The number of hydrogen-bond donors (Lipinski definition) is 2. The molecule has 0 saturated carbocycles. The third-order valence-electron chi connectivity index (χ3n) is 5.02. The maximum absolute atomic E-state index is 12.2. The van der Waals surface area contributed by atoms with Gasteiger partial charge in [-0.15, -0.1) is 0 Å². The molecule has 148 valence electrons. The predicted octanol–water partition coefficient (Wildman–Crippen LogP) is 4.36. The molecule has 1 aliphatic heterocycles. The molecule has 5 rings (SSSR count).